The Balaban J connectivity index is 2.17. The lowest BCUT2D eigenvalue weighted by atomic mass is 10.0. The minimum Gasteiger partial charge on any atom is -0.348 e. The molecule has 0 aliphatic carbocycles. The van der Waals surface area contributed by atoms with Crippen molar-refractivity contribution in [3.63, 3.8) is 0 Å². The molecule has 8 heteroatoms. The highest BCUT2D eigenvalue weighted by Crippen LogP contribution is 2.26. The highest BCUT2D eigenvalue weighted by molar-refractivity contribution is 6.35. The molecule has 0 radical (unpaired) electrons. The van der Waals surface area contributed by atoms with E-state index in [0.717, 1.165) is 18.2 Å². The summed E-state index contributed by atoms with van der Waals surface area (Å²) in [6.45, 7) is 5.15. The van der Waals surface area contributed by atoms with E-state index in [1.165, 1.54) is 0 Å². The second kappa shape index (κ2) is 9.34. The van der Waals surface area contributed by atoms with E-state index >= 15 is 0 Å². The molecule has 0 aromatic heterocycles. The first-order valence-electron chi connectivity index (χ1n) is 8.62. The molecule has 2 N–H and O–H groups in total. The van der Waals surface area contributed by atoms with Gasteiger partial charge in [0.1, 0.15) is 23.2 Å². The van der Waals surface area contributed by atoms with Gasteiger partial charge in [0.15, 0.2) is 0 Å². The number of carbonyl (C=O) groups excluding carboxylic acids is 2. The molecule has 28 heavy (non-hydrogen) atoms. The van der Waals surface area contributed by atoms with Gasteiger partial charge in [0.05, 0.1) is 6.04 Å². The van der Waals surface area contributed by atoms with Crippen molar-refractivity contribution in [1.82, 2.24) is 10.6 Å². The van der Waals surface area contributed by atoms with E-state index in [9.17, 15) is 18.4 Å². The highest BCUT2D eigenvalue weighted by Gasteiger charge is 2.28. The van der Waals surface area contributed by atoms with E-state index < -0.39 is 41.1 Å². The zero-order chi connectivity index (χ0) is 21.0. The predicted octanol–water partition coefficient (Wildman–Crippen LogP) is 4.90. The molecule has 0 unspecified atom stereocenters. The summed E-state index contributed by atoms with van der Waals surface area (Å²) in [6, 6.07) is 6.54. The van der Waals surface area contributed by atoms with Crippen LogP contribution in [0.3, 0.4) is 0 Å². The summed E-state index contributed by atoms with van der Waals surface area (Å²) in [7, 11) is 0. The number of benzene rings is 2. The molecule has 150 valence electrons. The third-order valence-corrected chi connectivity index (χ3v) is 4.78. The molecule has 2 aromatic carbocycles. The lowest BCUT2D eigenvalue weighted by Crippen LogP contribution is -2.50. The van der Waals surface area contributed by atoms with Crippen LogP contribution in [-0.4, -0.2) is 17.9 Å². The molecular formula is C20H20Cl2F2N2O2. The van der Waals surface area contributed by atoms with Crippen LogP contribution in [0, 0.1) is 17.6 Å². The Kier molecular flexibility index (Phi) is 7.38. The van der Waals surface area contributed by atoms with Gasteiger partial charge in [-0.05, 0) is 42.7 Å². The maximum atomic E-state index is 13.8. The molecule has 0 aliphatic heterocycles. The minimum absolute atomic E-state index is 0.327. The van der Waals surface area contributed by atoms with Gasteiger partial charge in [-0.15, -0.1) is 0 Å². The van der Waals surface area contributed by atoms with Crippen molar-refractivity contribution >= 4 is 35.0 Å². The monoisotopic (exact) mass is 428 g/mol. The third kappa shape index (κ3) is 5.20. The van der Waals surface area contributed by atoms with E-state index in [-0.39, 0.29) is 5.92 Å². The number of nitrogens with one attached hydrogen (secondary N) is 2. The molecule has 0 aliphatic rings. The van der Waals surface area contributed by atoms with Crippen LogP contribution >= 0.6 is 23.2 Å². The number of carbonyl (C=O) groups is 2. The van der Waals surface area contributed by atoms with E-state index in [1.807, 2.05) is 0 Å². The van der Waals surface area contributed by atoms with Gasteiger partial charge in [-0.2, -0.15) is 0 Å². The molecule has 0 bridgehead atoms. The lowest BCUT2D eigenvalue weighted by Gasteiger charge is -2.24. The Labute approximate surface area is 172 Å². The van der Waals surface area contributed by atoms with Crippen molar-refractivity contribution in [1.29, 1.82) is 0 Å². The molecule has 0 fully saturated rings. The first-order valence-corrected chi connectivity index (χ1v) is 9.37. The molecular weight excluding hydrogens is 409 g/mol. The molecule has 4 nitrogen and oxygen atoms in total. The van der Waals surface area contributed by atoms with Crippen molar-refractivity contribution in [3.8, 4) is 0 Å². The Hall–Kier alpha value is -2.18. The zero-order valence-corrected chi connectivity index (χ0v) is 17.0. The maximum absolute atomic E-state index is 13.8. The minimum atomic E-state index is -1.000. The van der Waals surface area contributed by atoms with Crippen molar-refractivity contribution in [2.24, 2.45) is 5.92 Å². The quantitative estimate of drug-likeness (QED) is 0.686. The normalized spacial score (nSPS) is 13.1. The fraction of sp³-hybridized carbons (Fsp3) is 0.300. The molecule has 2 aromatic rings. The van der Waals surface area contributed by atoms with Crippen molar-refractivity contribution in [3.05, 3.63) is 69.2 Å². The summed E-state index contributed by atoms with van der Waals surface area (Å²) in [5.74, 6) is -3.82. The van der Waals surface area contributed by atoms with E-state index in [0.29, 0.717) is 15.6 Å². The molecule has 2 rings (SSSR count). The van der Waals surface area contributed by atoms with E-state index in [1.54, 1.807) is 39.0 Å². The second-order valence-corrected chi connectivity index (χ2v) is 7.53. The predicted molar refractivity (Wildman–Crippen MR) is 105 cm³/mol. The number of hydrogen-bond acceptors (Lipinski definition) is 2. The van der Waals surface area contributed by atoms with Crippen LogP contribution in [0.15, 0.2) is 36.4 Å². The summed E-state index contributed by atoms with van der Waals surface area (Å²) in [5.41, 5.74) is -0.0804. The summed E-state index contributed by atoms with van der Waals surface area (Å²) >= 11 is 12.0. The first-order chi connectivity index (χ1) is 13.1. The largest absolute Gasteiger partial charge is 0.348 e. The molecule has 0 spiro atoms. The fourth-order valence-corrected chi connectivity index (χ4v) is 3.27. The van der Waals surface area contributed by atoms with Gasteiger partial charge in [-0.1, -0.05) is 49.2 Å². The van der Waals surface area contributed by atoms with Gasteiger partial charge in [0, 0.05) is 10.0 Å². The maximum Gasteiger partial charge on any atom is 0.257 e. The van der Waals surface area contributed by atoms with Gasteiger partial charge in [0.2, 0.25) is 5.91 Å². The molecule has 2 atom stereocenters. The molecule has 2 amide bonds. The van der Waals surface area contributed by atoms with Crippen molar-refractivity contribution in [2.45, 2.75) is 32.9 Å². The summed E-state index contributed by atoms with van der Waals surface area (Å²) in [6.07, 6.45) is 0. The zero-order valence-electron chi connectivity index (χ0n) is 15.5. The smallest absolute Gasteiger partial charge is 0.257 e. The summed E-state index contributed by atoms with van der Waals surface area (Å²) in [4.78, 5) is 25.0. The topological polar surface area (TPSA) is 58.2 Å². The molecule has 0 heterocycles. The number of rotatable bonds is 6. The second-order valence-electron chi connectivity index (χ2n) is 6.69. The molecule has 0 saturated heterocycles. The van der Waals surface area contributed by atoms with Crippen LogP contribution < -0.4 is 10.6 Å². The van der Waals surface area contributed by atoms with Crippen molar-refractivity contribution < 1.29 is 18.4 Å². The van der Waals surface area contributed by atoms with Gasteiger partial charge in [-0.25, -0.2) is 8.78 Å². The average Bonchev–Trinajstić information content (AvgIpc) is 2.58. The Morgan fingerprint density at radius 2 is 1.57 bits per heavy atom. The Morgan fingerprint density at radius 3 is 2.11 bits per heavy atom. The Morgan fingerprint density at radius 1 is 0.964 bits per heavy atom. The third-order valence-electron chi connectivity index (χ3n) is 4.21. The highest BCUT2D eigenvalue weighted by atomic mass is 35.5. The summed E-state index contributed by atoms with van der Waals surface area (Å²) < 4.78 is 27.7. The molecule has 0 saturated carbocycles. The van der Waals surface area contributed by atoms with Gasteiger partial charge < -0.3 is 10.6 Å². The van der Waals surface area contributed by atoms with Crippen molar-refractivity contribution in [2.75, 3.05) is 0 Å². The standard InChI is InChI=1S/C20H20Cl2F2N2O2/c1-10(2)18(26-19(27)17-15(23)5-4-6-16(17)24)20(28)25-11(3)13-8-7-12(21)9-14(13)22/h4-11,18H,1-3H3,(H,25,28)(H,26,27)/t11-,18-/m0/s1. The first kappa shape index (κ1) is 22.1. The number of hydrogen-bond donors (Lipinski definition) is 2. The van der Waals surface area contributed by atoms with Crippen LogP contribution in [0.2, 0.25) is 10.0 Å². The SMILES string of the molecule is CC(C)[C@H](NC(=O)c1c(F)cccc1F)C(=O)N[C@@H](C)c1ccc(Cl)cc1Cl. The van der Waals surface area contributed by atoms with E-state index in [2.05, 4.69) is 10.6 Å². The van der Waals surface area contributed by atoms with E-state index in [4.69, 9.17) is 23.2 Å². The van der Waals surface area contributed by atoms with Gasteiger partial charge in [-0.3, -0.25) is 9.59 Å². The van der Waals surface area contributed by atoms with Crippen LogP contribution in [0.5, 0.6) is 0 Å². The number of halogens is 4. The van der Waals surface area contributed by atoms with Crippen LogP contribution in [0.1, 0.15) is 42.7 Å². The van der Waals surface area contributed by atoms with Crippen LogP contribution in [-0.2, 0) is 4.79 Å². The lowest BCUT2D eigenvalue weighted by molar-refractivity contribution is -0.124. The Bertz CT molecular complexity index is 870. The fourth-order valence-electron chi connectivity index (χ4n) is 2.70. The van der Waals surface area contributed by atoms with Gasteiger partial charge in [0.25, 0.3) is 5.91 Å². The van der Waals surface area contributed by atoms with Crippen LogP contribution in [0.4, 0.5) is 8.78 Å². The average molecular weight is 429 g/mol. The number of amides is 2. The summed E-state index contributed by atoms with van der Waals surface area (Å²) in [5, 5.41) is 6.02. The van der Waals surface area contributed by atoms with Crippen LogP contribution in [0.25, 0.3) is 0 Å². The van der Waals surface area contributed by atoms with Gasteiger partial charge >= 0.3 is 0 Å².